The molecule has 59 heavy (non-hydrogen) atoms. The number of alkyl halides is 3. The van der Waals surface area contributed by atoms with E-state index in [4.69, 9.17) is 0 Å². The van der Waals surface area contributed by atoms with Gasteiger partial charge in [0.15, 0.2) is 11.6 Å². The minimum absolute atomic E-state index is 0.00201. The topological polar surface area (TPSA) is 63.2 Å². The Morgan fingerprint density at radius 3 is 2.00 bits per heavy atom. The fourth-order valence-corrected chi connectivity index (χ4v) is 7.53. The van der Waals surface area contributed by atoms with Crippen molar-refractivity contribution >= 4 is 29.4 Å². The van der Waals surface area contributed by atoms with E-state index in [1.54, 1.807) is 11.1 Å². The van der Waals surface area contributed by atoms with E-state index in [9.17, 15) is 31.5 Å². The number of halogens is 5. The van der Waals surface area contributed by atoms with Crippen molar-refractivity contribution < 1.29 is 31.5 Å². The van der Waals surface area contributed by atoms with Gasteiger partial charge in [-0.25, -0.2) is 13.8 Å². The second-order valence-corrected chi connectivity index (χ2v) is 14.8. The molecule has 4 aromatic carbocycles. The van der Waals surface area contributed by atoms with Crippen LogP contribution in [0.4, 0.5) is 33.5 Å². The molecular weight excluding hydrogens is 764 g/mol. The lowest BCUT2D eigenvalue weighted by Gasteiger charge is -2.39. The number of hydrogen-bond acceptors (Lipinski definition) is 6. The van der Waals surface area contributed by atoms with Crippen LogP contribution in [-0.4, -0.2) is 89.9 Å². The number of rotatable bonds is 12. The number of aromatic nitrogens is 1. The van der Waals surface area contributed by atoms with E-state index in [2.05, 4.69) is 19.7 Å². The number of amides is 2. The van der Waals surface area contributed by atoms with Gasteiger partial charge < -0.3 is 19.6 Å². The molecule has 1 aromatic heterocycles. The van der Waals surface area contributed by atoms with Gasteiger partial charge in [-0.3, -0.25) is 14.5 Å². The number of benzene rings is 4. The predicted molar refractivity (Wildman–Crippen MR) is 218 cm³/mol. The normalized spacial score (nSPS) is 15.7. The summed E-state index contributed by atoms with van der Waals surface area (Å²) in [6, 6.07) is 30.4. The molecule has 2 fully saturated rings. The van der Waals surface area contributed by atoms with Gasteiger partial charge in [0.2, 0.25) is 11.8 Å². The van der Waals surface area contributed by atoms with Crippen molar-refractivity contribution in [2.45, 2.75) is 31.7 Å². The molecule has 8 nitrogen and oxygen atoms in total. The van der Waals surface area contributed by atoms with Crippen molar-refractivity contribution in [2.75, 3.05) is 62.2 Å². The third-order valence-electron chi connectivity index (χ3n) is 10.9. The molecule has 2 aliphatic heterocycles. The summed E-state index contributed by atoms with van der Waals surface area (Å²) in [7, 11) is 0. The Morgan fingerprint density at radius 1 is 0.695 bits per heavy atom. The molecule has 0 unspecified atom stereocenters. The van der Waals surface area contributed by atoms with Crippen LogP contribution in [0.3, 0.4) is 0 Å². The van der Waals surface area contributed by atoms with Crippen molar-refractivity contribution in [3.05, 3.63) is 167 Å². The molecular formula is C46H45F5N6O2. The minimum Gasteiger partial charge on any atom is -0.368 e. The van der Waals surface area contributed by atoms with E-state index in [0.29, 0.717) is 37.3 Å². The highest BCUT2D eigenvalue weighted by Crippen LogP contribution is 2.29. The molecule has 306 valence electrons. The zero-order chi connectivity index (χ0) is 41.4. The van der Waals surface area contributed by atoms with Gasteiger partial charge in [-0.15, -0.1) is 0 Å². The zero-order valence-corrected chi connectivity index (χ0v) is 32.4. The summed E-state index contributed by atoms with van der Waals surface area (Å²) >= 11 is 0. The molecule has 5 aromatic rings. The average molecular weight is 809 g/mol. The summed E-state index contributed by atoms with van der Waals surface area (Å²) in [5, 5.41) is 0. The molecule has 2 aliphatic rings. The summed E-state index contributed by atoms with van der Waals surface area (Å²) in [4.78, 5) is 43.3. The first-order valence-corrected chi connectivity index (χ1v) is 19.6. The Morgan fingerprint density at radius 2 is 1.36 bits per heavy atom. The number of carbonyl (C=O) groups is 2. The molecule has 0 radical (unpaired) electrons. The van der Waals surface area contributed by atoms with Crippen LogP contribution < -0.4 is 9.80 Å². The maximum atomic E-state index is 14.7. The Hall–Kier alpha value is -6.08. The van der Waals surface area contributed by atoms with Crippen LogP contribution in [0.1, 0.15) is 27.8 Å². The van der Waals surface area contributed by atoms with Gasteiger partial charge >= 0.3 is 6.18 Å². The van der Waals surface area contributed by atoms with Crippen LogP contribution in [0, 0.1) is 11.6 Å². The highest BCUT2D eigenvalue weighted by molar-refractivity contribution is 5.96. The number of piperazine rings is 2. The third kappa shape index (κ3) is 10.7. The molecule has 13 heteroatoms. The second-order valence-electron chi connectivity index (χ2n) is 14.8. The fraction of sp³-hybridized carbons (Fsp3) is 0.283. The molecule has 7 rings (SSSR count). The first-order valence-electron chi connectivity index (χ1n) is 19.6. The molecule has 0 saturated carbocycles. The summed E-state index contributed by atoms with van der Waals surface area (Å²) in [6.45, 7) is 5.83. The second kappa shape index (κ2) is 18.7. The molecule has 1 atom stereocenters. The molecule has 0 N–H and O–H groups in total. The monoisotopic (exact) mass is 808 g/mol. The molecule has 2 amide bonds. The molecule has 2 saturated heterocycles. The fourth-order valence-electron chi connectivity index (χ4n) is 7.53. The van der Waals surface area contributed by atoms with Crippen molar-refractivity contribution in [3.8, 4) is 0 Å². The summed E-state index contributed by atoms with van der Waals surface area (Å²) in [5.74, 6) is -2.08. The van der Waals surface area contributed by atoms with Crippen LogP contribution in [-0.2, 0) is 35.3 Å². The average Bonchev–Trinajstić information content (AvgIpc) is 3.26. The van der Waals surface area contributed by atoms with Crippen LogP contribution in [0.15, 0.2) is 128 Å². The van der Waals surface area contributed by atoms with Gasteiger partial charge in [0, 0.05) is 89.8 Å². The smallest absolute Gasteiger partial charge is 0.368 e. The van der Waals surface area contributed by atoms with E-state index >= 15 is 0 Å². The van der Waals surface area contributed by atoms with Crippen molar-refractivity contribution in [1.29, 1.82) is 0 Å². The van der Waals surface area contributed by atoms with Crippen molar-refractivity contribution in [2.24, 2.45) is 0 Å². The van der Waals surface area contributed by atoms with E-state index in [-0.39, 0.29) is 18.9 Å². The molecule has 0 spiro atoms. The third-order valence-corrected chi connectivity index (χ3v) is 10.9. The maximum Gasteiger partial charge on any atom is 0.416 e. The first kappa shape index (κ1) is 41.1. The number of carbonyl (C=O) groups excluding carboxylic acids is 2. The molecule has 0 aliphatic carbocycles. The summed E-state index contributed by atoms with van der Waals surface area (Å²) in [5.41, 5.74) is 2.75. The largest absolute Gasteiger partial charge is 0.416 e. The van der Waals surface area contributed by atoms with Gasteiger partial charge in [0.25, 0.3) is 0 Å². The Labute approximate surface area is 340 Å². The van der Waals surface area contributed by atoms with Crippen LogP contribution in [0.5, 0.6) is 0 Å². The Kier molecular flexibility index (Phi) is 13.0. The van der Waals surface area contributed by atoms with Crippen molar-refractivity contribution in [1.82, 2.24) is 19.7 Å². The van der Waals surface area contributed by atoms with E-state index in [1.807, 2.05) is 72.8 Å². The number of pyridine rings is 1. The van der Waals surface area contributed by atoms with Gasteiger partial charge in [0.05, 0.1) is 5.56 Å². The number of hydrogen-bond donors (Lipinski definition) is 0. The lowest BCUT2D eigenvalue weighted by molar-refractivity contribution is -0.145. The minimum atomic E-state index is -4.52. The lowest BCUT2D eigenvalue weighted by Crippen LogP contribution is -2.56. The Bertz CT molecular complexity index is 2190. The van der Waals surface area contributed by atoms with Gasteiger partial charge in [0.1, 0.15) is 11.9 Å². The van der Waals surface area contributed by atoms with Crippen LogP contribution in [0.25, 0.3) is 6.08 Å². The zero-order valence-electron chi connectivity index (χ0n) is 32.4. The van der Waals surface area contributed by atoms with Crippen molar-refractivity contribution in [3.63, 3.8) is 0 Å². The van der Waals surface area contributed by atoms with Gasteiger partial charge in [-0.05, 0) is 76.9 Å². The van der Waals surface area contributed by atoms with Gasteiger partial charge in [-0.1, -0.05) is 66.7 Å². The molecule has 3 heterocycles. The lowest BCUT2D eigenvalue weighted by atomic mass is 10.0. The number of anilines is 2. The SMILES string of the molecule is O=C([C@H](Cc1ccc(F)c(F)c1)N(Cc1ccc(N2CCN(c3ccccn3)CC2)cc1)C(=O)/C=C/c1ccc(C(F)(F)F)cc1)N1CCN(Cc2ccccc2)CC1. The van der Waals surface area contributed by atoms with Crippen LogP contribution >= 0.6 is 0 Å². The Balaban J connectivity index is 1.14. The van der Waals surface area contributed by atoms with Crippen LogP contribution in [0.2, 0.25) is 0 Å². The standard InChI is InChI=1S/C46H45F5N6O2/c47-40-19-13-37(30-41(40)48)31-42(45(59)56-24-22-53(23-25-56)32-35-6-2-1-3-7-35)57(44(58)20-14-34-9-15-38(16-10-34)46(49,50)51)33-36-11-17-39(18-12-36)54-26-28-55(29-27-54)43-8-4-5-21-52-43/h1-21,30,42H,22-29,31-33H2/b20-14+/t42-/m0/s1. The molecule has 0 bridgehead atoms. The highest BCUT2D eigenvalue weighted by Gasteiger charge is 2.35. The van der Waals surface area contributed by atoms with E-state index in [0.717, 1.165) is 79.6 Å². The highest BCUT2D eigenvalue weighted by atomic mass is 19.4. The van der Waals surface area contributed by atoms with E-state index in [1.165, 1.54) is 35.3 Å². The maximum absolute atomic E-state index is 14.7. The predicted octanol–water partition coefficient (Wildman–Crippen LogP) is 7.70. The summed E-state index contributed by atoms with van der Waals surface area (Å²) < 4.78 is 68.4. The first-order chi connectivity index (χ1) is 28.5. The summed E-state index contributed by atoms with van der Waals surface area (Å²) in [6.07, 6.45) is -0.189. The van der Waals surface area contributed by atoms with E-state index < -0.39 is 35.3 Å². The van der Waals surface area contributed by atoms with Gasteiger partial charge in [-0.2, -0.15) is 13.2 Å². The number of nitrogens with zero attached hydrogens (tertiary/aromatic N) is 6. The quantitative estimate of drug-likeness (QED) is 0.0952.